The topological polar surface area (TPSA) is 50.2 Å². The van der Waals surface area contributed by atoms with Gasteiger partial charge in [0.15, 0.2) is 0 Å². The third-order valence-electron chi connectivity index (χ3n) is 2.83. The quantitative estimate of drug-likeness (QED) is 0.809. The lowest BCUT2D eigenvalue weighted by atomic mass is 9.84. The Morgan fingerprint density at radius 1 is 1.67 bits per heavy atom. The van der Waals surface area contributed by atoms with Crippen LogP contribution in [0.15, 0.2) is 18.3 Å². The van der Waals surface area contributed by atoms with Crippen molar-refractivity contribution in [3.63, 3.8) is 0 Å². The van der Waals surface area contributed by atoms with Crippen LogP contribution in [0.2, 0.25) is 0 Å². The van der Waals surface area contributed by atoms with E-state index in [1.807, 2.05) is 6.07 Å². The van der Waals surface area contributed by atoms with Crippen molar-refractivity contribution in [3.05, 3.63) is 29.6 Å². The van der Waals surface area contributed by atoms with Gasteiger partial charge in [-0.2, -0.15) is 0 Å². The van der Waals surface area contributed by atoms with Crippen molar-refractivity contribution in [1.82, 2.24) is 4.98 Å². The fourth-order valence-corrected chi connectivity index (χ4v) is 2.10. The molecule has 0 saturated carbocycles. The van der Waals surface area contributed by atoms with E-state index in [2.05, 4.69) is 4.98 Å². The van der Waals surface area contributed by atoms with Gasteiger partial charge in [-0.15, -0.1) is 0 Å². The van der Waals surface area contributed by atoms with Crippen molar-refractivity contribution in [1.29, 1.82) is 0 Å². The number of rotatable bonds is 2. The number of carboxylic acid groups (broad SMARTS) is 1. The van der Waals surface area contributed by atoms with Crippen LogP contribution in [0.1, 0.15) is 30.0 Å². The van der Waals surface area contributed by atoms with Gasteiger partial charge in [0.25, 0.3) is 0 Å². The van der Waals surface area contributed by atoms with Crippen LogP contribution in [0.3, 0.4) is 0 Å². The highest BCUT2D eigenvalue weighted by molar-refractivity contribution is 5.73. The summed E-state index contributed by atoms with van der Waals surface area (Å²) >= 11 is 0. The molecule has 4 heteroatoms. The molecule has 2 atom stereocenters. The van der Waals surface area contributed by atoms with E-state index >= 15 is 0 Å². The molecule has 1 aromatic heterocycles. The molecule has 2 unspecified atom stereocenters. The van der Waals surface area contributed by atoms with Gasteiger partial charge in [-0.1, -0.05) is 6.07 Å². The summed E-state index contributed by atoms with van der Waals surface area (Å²) in [7, 11) is 0. The maximum Gasteiger partial charge on any atom is 0.338 e. The van der Waals surface area contributed by atoms with Crippen LogP contribution >= 0.6 is 0 Å². The van der Waals surface area contributed by atoms with Gasteiger partial charge in [-0.25, -0.2) is 9.18 Å². The zero-order valence-electron chi connectivity index (χ0n) is 8.19. The predicted octanol–water partition coefficient (Wildman–Crippen LogP) is 1.92. The Hall–Kier alpha value is -1.45. The third kappa shape index (κ3) is 1.84. The zero-order chi connectivity index (χ0) is 10.8. The summed E-state index contributed by atoms with van der Waals surface area (Å²) in [6, 6.07) is 3.69. The van der Waals surface area contributed by atoms with Gasteiger partial charge in [-0.3, -0.25) is 4.98 Å². The summed E-state index contributed by atoms with van der Waals surface area (Å²) in [5, 5.41) is 8.66. The molecule has 1 N–H and O–H groups in total. The van der Waals surface area contributed by atoms with Gasteiger partial charge >= 0.3 is 5.97 Å². The zero-order valence-corrected chi connectivity index (χ0v) is 8.19. The van der Waals surface area contributed by atoms with Crippen molar-refractivity contribution in [3.8, 4) is 0 Å². The summed E-state index contributed by atoms with van der Waals surface area (Å²) in [6.07, 6.45) is 2.02. The second-order valence-electron chi connectivity index (χ2n) is 3.79. The van der Waals surface area contributed by atoms with Crippen molar-refractivity contribution < 1.29 is 14.3 Å². The number of nitrogens with zero attached hydrogens (tertiary/aromatic N) is 1. The van der Waals surface area contributed by atoms with Gasteiger partial charge in [-0.05, 0) is 30.9 Å². The maximum atomic E-state index is 13.5. The average Bonchev–Trinajstić information content (AvgIpc) is 2.27. The number of aromatic nitrogens is 1. The number of alkyl halides is 1. The number of hydrogen-bond donors (Lipinski definition) is 1. The SMILES string of the molecule is O=C(O)C(F)C1CCCc2cccnc21. The Morgan fingerprint density at radius 3 is 3.20 bits per heavy atom. The standard InChI is InChI=1S/C11H12FNO2/c12-9(11(14)15)8-5-1-3-7-4-2-6-13-10(7)8/h2,4,6,8-9H,1,3,5H2,(H,14,15). The Labute approximate surface area is 87.0 Å². The molecule has 1 heterocycles. The molecule has 0 bridgehead atoms. The molecule has 80 valence electrons. The molecule has 1 aliphatic carbocycles. The number of aryl methyl sites for hydroxylation is 1. The molecule has 1 aromatic rings. The third-order valence-corrected chi connectivity index (χ3v) is 2.83. The van der Waals surface area contributed by atoms with E-state index in [0.717, 1.165) is 18.4 Å². The van der Waals surface area contributed by atoms with Crippen molar-refractivity contribution in [2.75, 3.05) is 0 Å². The van der Waals surface area contributed by atoms with Crippen LogP contribution < -0.4 is 0 Å². The molecular formula is C11H12FNO2. The van der Waals surface area contributed by atoms with Crippen LogP contribution in [0.5, 0.6) is 0 Å². The molecule has 0 aromatic carbocycles. The molecule has 0 spiro atoms. The first-order valence-corrected chi connectivity index (χ1v) is 5.01. The lowest BCUT2D eigenvalue weighted by molar-refractivity contribution is -0.143. The summed E-state index contributed by atoms with van der Waals surface area (Å²) < 4.78 is 13.5. The normalized spacial score (nSPS) is 21.8. The Kier molecular flexibility index (Phi) is 2.66. The van der Waals surface area contributed by atoms with E-state index in [0.29, 0.717) is 12.1 Å². The highest BCUT2D eigenvalue weighted by Gasteiger charge is 2.33. The van der Waals surface area contributed by atoms with E-state index in [4.69, 9.17) is 5.11 Å². The number of hydrogen-bond acceptors (Lipinski definition) is 2. The molecule has 0 radical (unpaired) electrons. The van der Waals surface area contributed by atoms with Crippen molar-refractivity contribution >= 4 is 5.97 Å². The van der Waals surface area contributed by atoms with Crippen LogP contribution in [-0.2, 0) is 11.2 Å². The summed E-state index contributed by atoms with van der Waals surface area (Å²) in [6.45, 7) is 0. The molecular weight excluding hydrogens is 197 g/mol. The van der Waals surface area contributed by atoms with E-state index in [9.17, 15) is 9.18 Å². The number of pyridine rings is 1. The van der Waals surface area contributed by atoms with Gasteiger partial charge in [0.05, 0.1) is 5.69 Å². The fraction of sp³-hybridized carbons (Fsp3) is 0.455. The maximum absolute atomic E-state index is 13.5. The highest BCUT2D eigenvalue weighted by atomic mass is 19.1. The van der Waals surface area contributed by atoms with Crippen molar-refractivity contribution in [2.45, 2.75) is 31.4 Å². The second kappa shape index (κ2) is 3.96. The first kappa shape index (κ1) is 10.1. The van der Waals surface area contributed by atoms with Gasteiger partial charge < -0.3 is 5.11 Å². The number of aliphatic carboxylic acids is 1. The highest BCUT2D eigenvalue weighted by Crippen LogP contribution is 2.33. The number of fused-ring (bicyclic) bond motifs is 1. The van der Waals surface area contributed by atoms with Crippen LogP contribution in [0.25, 0.3) is 0 Å². The minimum atomic E-state index is -1.83. The van der Waals surface area contributed by atoms with Gasteiger partial charge in [0.2, 0.25) is 6.17 Å². The number of halogens is 1. The average molecular weight is 209 g/mol. The molecule has 0 fully saturated rings. The summed E-state index contributed by atoms with van der Waals surface area (Å²) in [5.74, 6) is -1.97. The first-order chi connectivity index (χ1) is 7.20. The summed E-state index contributed by atoms with van der Waals surface area (Å²) in [4.78, 5) is 14.7. The van der Waals surface area contributed by atoms with Gasteiger partial charge in [0, 0.05) is 12.1 Å². The van der Waals surface area contributed by atoms with Crippen LogP contribution in [-0.4, -0.2) is 22.2 Å². The molecule has 2 rings (SSSR count). The minimum absolute atomic E-state index is 0.567. The minimum Gasteiger partial charge on any atom is -0.479 e. The Balaban J connectivity index is 2.33. The van der Waals surface area contributed by atoms with Crippen molar-refractivity contribution in [2.24, 2.45) is 0 Å². The molecule has 15 heavy (non-hydrogen) atoms. The monoisotopic (exact) mass is 209 g/mol. The molecule has 1 aliphatic rings. The van der Waals surface area contributed by atoms with E-state index < -0.39 is 18.1 Å². The predicted molar refractivity (Wildman–Crippen MR) is 52.4 cm³/mol. The Morgan fingerprint density at radius 2 is 2.47 bits per heavy atom. The van der Waals surface area contributed by atoms with E-state index in [1.54, 1.807) is 12.3 Å². The van der Waals surface area contributed by atoms with Crippen LogP contribution in [0.4, 0.5) is 4.39 Å². The fourth-order valence-electron chi connectivity index (χ4n) is 2.10. The lowest BCUT2D eigenvalue weighted by Gasteiger charge is -2.24. The van der Waals surface area contributed by atoms with E-state index in [1.165, 1.54) is 0 Å². The first-order valence-electron chi connectivity index (χ1n) is 5.01. The van der Waals surface area contributed by atoms with E-state index in [-0.39, 0.29) is 0 Å². The molecule has 0 amide bonds. The number of carboxylic acids is 1. The smallest absolute Gasteiger partial charge is 0.338 e. The number of carbonyl (C=O) groups is 1. The second-order valence-corrected chi connectivity index (χ2v) is 3.79. The van der Waals surface area contributed by atoms with Crippen LogP contribution in [0, 0.1) is 0 Å². The molecule has 3 nitrogen and oxygen atoms in total. The molecule has 0 aliphatic heterocycles. The summed E-state index contributed by atoms with van der Waals surface area (Å²) in [5.41, 5.74) is 1.61. The Bertz CT molecular complexity index is 381. The largest absolute Gasteiger partial charge is 0.479 e. The van der Waals surface area contributed by atoms with Gasteiger partial charge in [0.1, 0.15) is 0 Å². The molecule has 0 saturated heterocycles. The lowest BCUT2D eigenvalue weighted by Crippen LogP contribution is -2.27.